The molecule has 186 valence electrons. The maximum absolute atomic E-state index is 13.3. The highest BCUT2D eigenvalue weighted by Gasteiger charge is 2.47. The van der Waals surface area contributed by atoms with Gasteiger partial charge in [0.2, 0.25) is 0 Å². The number of aromatic nitrogens is 1. The van der Waals surface area contributed by atoms with Crippen molar-refractivity contribution in [2.75, 3.05) is 4.90 Å². The van der Waals surface area contributed by atoms with Crippen LogP contribution in [0.25, 0.3) is 5.76 Å². The standard InChI is InChI=1S/C31H23N3O4/c1-20-17-23(12-15-26(20)38-19-22-7-3-2-4-8-22)29(35)27-28(25-9-5-6-16-33-25)34(31(37)30(27)36)24-13-10-21(18-32)11-14-24/h2-17,28,35H,19H2,1H3/b29-27-. The van der Waals surface area contributed by atoms with E-state index >= 15 is 0 Å². The summed E-state index contributed by atoms with van der Waals surface area (Å²) in [6.45, 7) is 2.24. The Morgan fingerprint density at radius 3 is 2.39 bits per heavy atom. The summed E-state index contributed by atoms with van der Waals surface area (Å²) < 4.78 is 5.95. The molecule has 1 atom stereocenters. The topological polar surface area (TPSA) is 104 Å². The number of carbonyl (C=O) groups excluding carboxylic acids is 2. The predicted octanol–water partition coefficient (Wildman–Crippen LogP) is 5.47. The molecule has 1 fully saturated rings. The molecule has 0 spiro atoms. The average molecular weight is 502 g/mol. The number of anilines is 1. The van der Waals surface area contributed by atoms with Crippen molar-refractivity contribution >= 4 is 23.1 Å². The fourth-order valence-electron chi connectivity index (χ4n) is 4.46. The van der Waals surface area contributed by atoms with Crippen molar-refractivity contribution in [1.82, 2.24) is 4.98 Å². The molecule has 3 aromatic carbocycles. The summed E-state index contributed by atoms with van der Waals surface area (Å²) in [5.74, 6) is -1.26. The number of Topliss-reactive ketones (excluding diaryl/α,β-unsaturated/α-hetero) is 1. The number of carbonyl (C=O) groups is 2. The van der Waals surface area contributed by atoms with Crippen molar-refractivity contribution in [1.29, 1.82) is 5.26 Å². The summed E-state index contributed by atoms with van der Waals surface area (Å²) in [5.41, 5.74) is 3.38. The van der Waals surface area contributed by atoms with E-state index in [0.717, 1.165) is 11.1 Å². The van der Waals surface area contributed by atoms with Gasteiger partial charge in [-0.3, -0.25) is 19.5 Å². The van der Waals surface area contributed by atoms with Crippen LogP contribution >= 0.6 is 0 Å². The van der Waals surface area contributed by atoms with E-state index in [4.69, 9.17) is 10.00 Å². The molecule has 1 aliphatic rings. The van der Waals surface area contributed by atoms with Gasteiger partial charge in [-0.15, -0.1) is 0 Å². The number of ether oxygens (including phenoxy) is 1. The van der Waals surface area contributed by atoms with Crippen LogP contribution in [0.15, 0.2) is 103 Å². The van der Waals surface area contributed by atoms with Gasteiger partial charge in [0.05, 0.1) is 22.9 Å². The second kappa shape index (κ2) is 10.4. The molecule has 1 aromatic heterocycles. The number of ketones is 1. The van der Waals surface area contributed by atoms with Crippen LogP contribution in [0.1, 0.15) is 34.0 Å². The maximum atomic E-state index is 13.3. The minimum absolute atomic E-state index is 0.0598. The number of rotatable bonds is 6. The van der Waals surface area contributed by atoms with Gasteiger partial charge in [-0.05, 0) is 72.6 Å². The first-order valence-electron chi connectivity index (χ1n) is 12.0. The third-order valence-corrected chi connectivity index (χ3v) is 6.37. The fraction of sp³-hybridized carbons (Fsp3) is 0.0968. The highest BCUT2D eigenvalue weighted by molar-refractivity contribution is 6.51. The van der Waals surface area contributed by atoms with Gasteiger partial charge in [-0.2, -0.15) is 5.26 Å². The van der Waals surface area contributed by atoms with Crippen molar-refractivity contribution in [3.05, 3.63) is 131 Å². The molecule has 0 aliphatic carbocycles. The summed E-state index contributed by atoms with van der Waals surface area (Å²) in [7, 11) is 0. The van der Waals surface area contributed by atoms with E-state index in [1.165, 1.54) is 4.90 Å². The van der Waals surface area contributed by atoms with E-state index in [1.54, 1.807) is 66.9 Å². The number of hydrogen-bond donors (Lipinski definition) is 1. The Bertz CT molecular complexity index is 1570. The van der Waals surface area contributed by atoms with E-state index in [2.05, 4.69) is 4.98 Å². The molecule has 7 nitrogen and oxygen atoms in total. The second-order valence-electron chi connectivity index (χ2n) is 8.84. The lowest BCUT2D eigenvalue weighted by Gasteiger charge is -2.24. The second-order valence-corrected chi connectivity index (χ2v) is 8.84. The number of nitriles is 1. The molecular formula is C31H23N3O4. The first kappa shape index (κ1) is 24.5. The van der Waals surface area contributed by atoms with Crippen LogP contribution < -0.4 is 9.64 Å². The van der Waals surface area contributed by atoms with Crippen LogP contribution in [0, 0.1) is 18.3 Å². The molecule has 4 aromatic rings. The van der Waals surface area contributed by atoms with Gasteiger partial charge in [0, 0.05) is 17.4 Å². The SMILES string of the molecule is Cc1cc(/C(O)=C2/C(=O)C(=O)N(c3ccc(C#N)cc3)C2c2ccccn2)ccc1OCc1ccccc1. The van der Waals surface area contributed by atoms with E-state index < -0.39 is 17.7 Å². The molecule has 1 N–H and O–H groups in total. The minimum atomic E-state index is -0.946. The Kier molecular flexibility index (Phi) is 6.70. The number of aliphatic hydroxyl groups excluding tert-OH is 1. The number of aliphatic hydroxyl groups is 1. The largest absolute Gasteiger partial charge is 0.507 e. The summed E-state index contributed by atoms with van der Waals surface area (Å²) in [6, 6.07) is 27.5. The van der Waals surface area contributed by atoms with Crippen molar-refractivity contribution in [2.24, 2.45) is 0 Å². The van der Waals surface area contributed by atoms with E-state index in [0.29, 0.717) is 34.9 Å². The Morgan fingerprint density at radius 1 is 1.00 bits per heavy atom. The molecule has 0 saturated carbocycles. The summed E-state index contributed by atoms with van der Waals surface area (Å²) in [4.78, 5) is 32.3. The molecule has 1 saturated heterocycles. The highest BCUT2D eigenvalue weighted by Crippen LogP contribution is 2.41. The summed E-state index contributed by atoms with van der Waals surface area (Å²) >= 11 is 0. The summed E-state index contributed by atoms with van der Waals surface area (Å²) in [5, 5.41) is 20.5. The smallest absolute Gasteiger partial charge is 0.300 e. The number of amides is 1. The van der Waals surface area contributed by atoms with Crippen LogP contribution in [0.2, 0.25) is 0 Å². The zero-order valence-electron chi connectivity index (χ0n) is 20.5. The lowest BCUT2D eigenvalue weighted by Crippen LogP contribution is -2.29. The van der Waals surface area contributed by atoms with Gasteiger partial charge in [0.15, 0.2) is 0 Å². The number of benzene rings is 3. The van der Waals surface area contributed by atoms with Crippen LogP contribution in [-0.4, -0.2) is 21.8 Å². The molecule has 1 unspecified atom stereocenters. The van der Waals surface area contributed by atoms with Gasteiger partial charge in [-0.1, -0.05) is 36.4 Å². The van der Waals surface area contributed by atoms with E-state index in [9.17, 15) is 14.7 Å². The van der Waals surface area contributed by atoms with Crippen molar-refractivity contribution in [3.8, 4) is 11.8 Å². The van der Waals surface area contributed by atoms with Gasteiger partial charge in [0.25, 0.3) is 11.7 Å². The molecular weight excluding hydrogens is 478 g/mol. The van der Waals surface area contributed by atoms with E-state index in [-0.39, 0.29) is 11.3 Å². The van der Waals surface area contributed by atoms with Crippen molar-refractivity contribution in [3.63, 3.8) is 0 Å². The molecule has 5 rings (SSSR count). The first-order chi connectivity index (χ1) is 18.5. The number of pyridine rings is 1. The van der Waals surface area contributed by atoms with Crippen LogP contribution in [0.5, 0.6) is 5.75 Å². The van der Waals surface area contributed by atoms with Gasteiger partial charge in [0.1, 0.15) is 24.2 Å². The Balaban J connectivity index is 1.54. The van der Waals surface area contributed by atoms with Crippen LogP contribution in [0.3, 0.4) is 0 Å². The fourth-order valence-corrected chi connectivity index (χ4v) is 4.46. The molecule has 38 heavy (non-hydrogen) atoms. The lowest BCUT2D eigenvalue weighted by atomic mass is 9.97. The number of nitrogens with zero attached hydrogens (tertiary/aromatic N) is 3. The normalized spacial score (nSPS) is 16.3. The molecule has 1 amide bonds. The van der Waals surface area contributed by atoms with Crippen molar-refractivity contribution < 1.29 is 19.4 Å². The molecule has 1 aliphatic heterocycles. The van der Waals surface area contributed by atoms with Crippen molar-refractivity contribution in [2.45, 2.75) is 19.6 Å². The Hall–Kier alpha value is -5.22. The molecule has 7 heteroatoms. The monoisotopic (exact) mass is 501 g/mol. The number of aryl methyl sites for hydroxylation is 1. The Morgan fingerprint density at radius 2 is 1.74 bits per heavy atom. The van der Waals surface area contributed by atoms with E-state index in [1.807, 2.05) is 43.3 Å². The summed E-state index contributed by atoms with van der Waals surface area (Å²) in [6.07, 6.45) is 1.57. The average Bonchev–Trinajstić information content (AvgIpc) is 3.23. The van der Waals surface area contributed by atoms with Gasteiger partial charge in [-0.25, -0.2) is 0 Å². The zero-order chi connectivity index (χ0) is 26.6. The molecule has 2 heterocycles. The lowest BCUT2D eigenvalue weighted by molar-refractivity contribution is -0.132. The number of hydrogen-bond acceptors (Lipinski definition) is 6. The first-order valence-corrected chi connectivity index (χ1v) is 12.0. The third-order valence-electron chi connectivity index (χ3n) is 6.37. The van der Waals surface area contributed by atoms with Crippen LogP contribution in [-0.2, 0) is 16.2 Å². The Labute approximate surface area is 219 Å². The zero-order valence-corrected chi connectivity index (χ0v) is 20.5. The molecule has 0 radical (unpaired) electrons. The quantitative estimate of drug-likeness (QED) is 0.214. The van der Waals surface area contributed by atoms with Crippen LogP contribution in [0.4, 0.5) is 5.69 Å². The molecule has 0 bridgehead atoms. The van der Waals surface area contributed by atoms with Gasteiger partial charge >= 0.3 is 0 Å². The third kappa shape index (κ3) is 4.63. The maximum Gasteiger partial charge on any atom is 0.300 e. The predicted molar refractivity (Wildman–Crippen MR) is 142 cm³/mol. The highest BCUT2D eigenvalue weighted by atomic mass is 16.5. The van der Waals surface area contributed by atoms with Gasteiger partial charge < -0.3 is 9.84 Å². The minimum Gasteiger partial charge on any atom is -0.507 e.